The number of methoxy groups -OCH3 is 1. The van der Waals surface area contributed by atoms with Crippen molar-refractivity contribution in [3.63, 3.8) is 0 Å². The van der Waals surface area contributed by atoms with Crippen molar-refractivity contribution >= 4 is 0 Å². The summed E-state index contributed by atoms with van der Waals surface area (Å²) in [6.45, 7) is 7.31. The van der Waals surface area contributed by atoms with Crippen molar-refractivity contribution in [1.82, 2.24) is 10.2 Å². The third kappa shape index (κ3) is 5.31. The van der Waals surface area contributed by atoms with Gasteiger partial charge in [-0.05, 0) is 26.0 Å². The second-order valence-electron chi connectivity index (χ2n) is 5.00. The molecular weight excluding hydrogens is 236 g/mol. The van der Waals surface area contributed by atoms with E-state index >= 15 is 0 Å². The Kier molecular flexibility index (Phi) is 7.72. The van der Waals surface area contributed by atoms with Gasteiger partial charge in [-0.15, -0.1) is 0 Å². The van der Waals surface area contributed by atoms with Crippen LogP contribution < -0.4 is 5.32 Å². The summed E-state index contributed by atoms with van der Waals surface area (Å²) in [5.74, 6) is 0. The SMILES string of the molecule is CCC(C)N(CCOC)CC(NC)c1ccccc1. The van der Waals surface area contributed by atoms with Crippen LogP contribution in [0.3, 0.4) is 0 Å². The van der Waals surface area contributed by atoms with Gasteiger partial charge in [0.15, 0.2) is 0 Å². The second kappa shape index (κ2) is 9.08. The van der Waals surface area contributed by atoms with Gasteiger partial charge in [0.1, 0.15) is 0 Å². The molecule has 0 aliphatic carbocycles. The first kappa shape index (κ1) is 16.2. The van der Waals surface area contributed by atoms with E-state index in [1.54, 1.807) is 7.11 Å². The number of benzene rings is 1. The van der Waals surface area contributed by atoms with E-state index in [4.69, 9.17) is 4.74 Å². The molecule has 3 nitrogen and oxygen atoms in total. The summed E-state index contributed by atoms with van der Waals surface area (Å²) in [5, 5.41) is 3.42. The molecule has 0 heterocycles. The minimum absolute atomic E-state index is 0.368. The van der Waals surface area contributed by atoms with Crippen molar-refractivity contribution < 1.29 is 4.74 Å². The van der Waals surface area contributed by atoms with Gasteiger partial charge in [0, 0.05) is 32.3 Å². The maximum atomic E-state index is 5.23. The second-order valence-corrected chi connectivity index (χ2v) is 5.00. The van der Waals surface area contributed by atoms with E-state index in [1.807, 2.05) is 7.05 Å². The normalized spacial score (nSPS) is 14.6. The topological polar surface area (TPSA) is 24.5 Å². The van der Waals surface area contributed by atoms with E-state index in [0.717, 1.165) is 26.1 Å². The maximum absolute atomic E-state index is 5.23. The van der Waals surface area contributed by atoms with E-state index in [0.29, 0.717) is 12.1 Å². The number of hydrogen-bond acceptors (Lipinski definition) is 3. The standard InChI is InChI=1S/C16H28N2O/c1-5-14(2)18(11-12-19-4)13-16(17-3)15-9-7-6-8-10-15/h6-10,14,16-17H,5,11-13H2,1-4H3. The summed E-state index contributed by atoms with van der Waals surface area (Å²) in [7, 11) is 3.80. The Morgan fingerprint density at radius 2 is 1.95 bits per heavy atom. The lowest BCUT2D eigenvalue weighted by molar-refractivity contribution is 0.115. The lowest BCUT2D eigenvalue weighted by Gasteiger charge is -2.32. The number of nitrogens with zero attached hydrogens (tertiary/aromatic N) is 1. The zero-order valence-corrected chi connectivity index (χ0v) is 12.7. The van der Waals surface area contributed by atoms with Crippen LogP contribution in [0.25, 0.3) is 0 Å². The van der Waals surface area contributed by atoms with Crippen LogP contribution in [0, 0.1) is 0 Å². The molecule has 0 spiro atoms. The molecule has 2 unspecified atom stereocenters. The Hall–Kier alpha value is -0.900. The Labute approximate surface area is 118 Å². The Morgan fingerprint density at radius 3 is 2.47 bits per heavy atom. The summed E-state index contributed by atoms with van der Waals surface area (Å²) in [6, 6.07) is 11.6. The molecule has 0 saturated carbocycles. The minimum atomic E-state index is 0.368. The van der Waals surface area contributed by atoms with Gasteiger partial charge in [0.25, 0.3) is 0 Å². The van der Waals surface area contributed by atoms with Gasteiger partial charge in [-0.25, -0.2) is 0 Å². The van der Waals surface area contributed by atoms with Crippen LogP contribution in [0.5, 0.6) is 0 Å². The zero-order valence-electron chi connectivity index (χ0n) is 12.7. The number of nitrogens with one attached hydrogen (secondary N) is 1. The van der Waals surface area contributed by atoms with Gasteiger partial charge in [0.05, 0.1) is 6.61 Å². The third-order valence-corrected chi connectivity index (χ3v) is 3.76. The molecule has 3 heteroatoms. The molecular formula is C16H28N2O. The first-order valence-corrected chi connectivity index (χ1v) is 7.18. The Morgan fingerprint density at radius 1 is 1.26 bits per heavy atom. The number of rotatable bonds is 9. The van der Waals surface area contributed by atoms with Crippen molar-refractivity contribution in [3.05, 3.63) is 35.9 Å². The van der Waals surface area contributed by atoms with Crippen molar-refractivity contribution in [3.8, 4) is 0 Å². The molecule has 0 radical (unpaired) electrons. The smallest absolute Gasteiger partial charge is 0.0589 e. The van der Waals surface area contributed by atoms with E-state index < -0.39 is 0 Å². The summed E-state index contributed by atoms with van der Waals surface area (Å²) in [5.41, 5.74) is 1.34. The fourth-order valence-electron chi connectivity index (χ4n) is 2.24. The molecule has 1 rings (SSSR count). The number of hydrogen-bond donors (Lipinski definition) is 1. The predicted molar refractivity (Wildman–Crippen MR) is 81.4 cm³/mol. The zero-order chi connectivity index (χ0) is 14.1. The molecule has 1 aromatic rings. The fraction of sp³-hybridized carbons (Fsp3) is 0.625. The van der Waals surface area contributed by atoms with Gasteiger partial charge in [-0.2, -0.15) is 0 Å². The summed E-state index contributed by atoms with van der Waals surface area (Å²) >= 11 is 0. The van der Waals surface area contributed by atoms with Crippen LogP contribution in [0.1, 0.15) is 31.9 Å². The van der Waals surface area contributed by atoms with Gasteiger partial charge in [-0.1, -0.05) is 37.3 Å². The lowest BCUT2D eigenvalue weighted by atomic mass is 10.1. The van der Waals surface area contributed by atoms with Gasteiger partial charge >= 0.3 is 0 Å². The van der Waals surface area contributed by atoms with Crippen molar-refractivity contribution in [2.45, 2.75) is 32.4 Å². The van der Waals surface area contributed by atoms with Crippen LogP contribution in [-0.4, -0.2) is 44.8 Å². The molecule has 108 valence electrons. The van der Waals surface area contributed by atoms with Crippen LogP contribution >= 0.6 is 0 Å². The van der Waals surface area contributed by atoms with E-state index in [-0.39, 0.29) is 0 Å². The number of ether oxygens (including phenoxy) is 1. The minimum Gasteiger partial charge on any atom is -0.383 e. The maximum Gasteiger partial charge on any atom is 0.0589 e. The first-order valence-electron chi connectivity index (χ1n) is 7.18. The highest BCUT2D eigenvalue weighted by molar-refractivity contribution is 5.19. The first-order chi connectivity index (χ1) is 9.22. The molecule has 0 saturated heterocycles. The number of likely N-dealkylation sites (N-methyl/N-ethyl adjacent to an activating group) is 1. The molecule has 0 fully saturated rings. The highest BCUT2D eigenvalue weighted by Crippen LogP contribution is 2.16. The van der Waals surface area contributed by atoms with Crippen LogP contribution in [0.15, 0.2) is 30.3 Å². The summed E-state index contributed by atoms with van der Waals surface area (Å²) in [4.78, 5) is 2.50. The average Bonchev–Trinajstić information content (AvgIpc) is 2.47. The molecule has 0 bridgehead atoms. The van der Waals surface area contributed by atoms with Gasteiger partial charge < -0.3 is 10.1 Å². The van der Waals surface area contributed by atoms with Crippen LogP contribution in [0.2, 0.25) is 0 Å². The monoisotopic (exact) mass is 264 g/mol. The molecule has 1 N–H and O–H groups in total. The van der Waals surface area contributed by atoms with Gasteiger partial charge in [0.2, 0.25) is 0 Å². The van der Waals surface area contributed by atoms with Gasteiger partial charge in [-0.3, -0.25) is 4.90 Å². The molecule has 19 heavy (non-hydrogen) atoms. The average molecular weight is 264 g/mol. The largest absolute Gasteiger partial charge is 0.383 e. The molecule has 2 atom stereocenters. The molecule has 0 amide bonds. The van der Waals surface area contributed by atoms with E-state index in [2.05, 4.69) is 54.4 Å². The highest BCUT2D eigenvalue weighted by atomic mass is 16.5. The summed E-state index contributed by atoms with van der Waals surface area (Å²) in [6.07, 6.45) is 1.16. The van der Waals surface area contributed by atoms with Crippen molar-refractivity contribution in [2.75, 3.05) is 33.9 Å². The Balaban J connectivity index is 2.69. The lowest BCUT2D eigenvalue weighted by Crippen LogP contribution is -2.41. The highest BCUT2D eigenvalue weighted by Gasteiger charge is 2.17. The molecule has 1 aromatic carbocycles. The Bertz CT molecular complexity index is 329. The molecule has 0 aliphatic heterocycles. The van der Waals surface area contributed by atoms with Crippen molar-refractivity contribution in [1.29, 1.82) is 0 Å². The van der Waals surface area contributed by atoms with E-state index in [1.165, 1.54) is 5.56 Å². The fourth-order valence-corrected chi connectivity index (χ4v) is 2.24. The van der Waals surface area contributed by atoms with Crippen molar-refractivity contribution in [2.24, 2.45) is 0 Å². The predicted octanol–water partition coefficient (Wildman–Crippen LogP) is 2.69. The molecule has 0 aliphatic rings. The van der Waals surface area contributed by atoms with E-state index in [9.17, 15) is 0 Å². The molecule has 0 aromatic heterocycles. The quantitative estimate of drug-likeness (QED) is 0.742. The third-order valence-electron chi connectivity index (χ3n) is 3.76. The van der Waals surface area contributed by atoms with Crippen LogP contribution in [0.4, 0.5) is 0 Å². The van der Waals surface area contributed by atoms with Crippen LogP contribution in [-0.2, 0) is 4.74 Å². The summed E-state index contributed by atoms with van der Waals surface area (Å²) < 4.78 is 5.23.